The van der Waals surface area contributed by atoms with Crippen molar-refractivity contribution in [3.63, 3.8) is 0 Å². The van der Waals surface area contributed by atoms with E-state index in [-0.39, 0.29) is 24.7 Å². The summed E-state index contributed by atoms with van der Waals surface area (Å²) in [5.41, 5.74) is 24.0. The van der Waals surface area contributed by atoms with E-state index in [0.717, 1.165) is 197 Å². The summed E-state index contributed by atoms with van der Waals surface area (Å²) < 4.78 is 25.4. The highest BCUT2D eigenvalue weighted by Gasteiger charge is 2.44. The molecular weight excluding hydrogens is 1510 g/mol. The summed E-state index contributed by atoms with van der Waals surface area (Å²) in [6, 6.07) is 73.3. The summed E-state index contributed by atoms with van der Waals surface area (Å²) in [7, 11) is 0. The Morgan fingerprint density at radius 3 is 0.901 bits per heavy atom. The monoisotopic (exact) mass is 1590 g/mol. The molecule has 23 rings (SSSR count). The summed E-state index contributed by atoms with van der Waals surface area (Å²) >= 11 is 0. The quantitative estimate of drug-likeness (QED) is 0.139. The molecule has 0 spiro atoms. The number of benzene rings is 7. The van der Waals surface area contributed by atoms with Gasteiger partial charge in [-0.05, 0) is 228 Å². The van der Waals surface area contributed by atoms with Gasteiger partial charge in [-0.3, -0.25) is 14.7 Å². The van der Waals surface area contributed by atoms with Crippen LogP contribution in [0.4, 0.5) is 86.1 Å². The van der Waals surface area contributed by atoms with Crippen molar-refractivity contribution < 1.29 is 17.7 Å². The topological polar surface area (TPSA) is 207 Å². The molecule has 19 aromatic rings. The first-order chi connectivity index (χ1) is 58.9. The standard InChI is InChI=1S/2C26H22N4O.C25H21N5O.C22H23N5O/c1-16-11-13-20-21-14-12-17(2)28-26(21)31-24(20)23(16)30-18(3)29(19-8-5-4-6-9-19)25-22(30)10-7-15-27-25;1-16-11-13-20-21-14-12-17(2)28-26(21)31-24(20)23(16)30-18(3)29(19-8-5-4-6-9-19)22-10-7-15-27-25(22)30;1-15-9-11-19-20-12-10-16(2)28-25(20)31-22(19)21(15)30-17(3)29(18-7-5-4-6-8-18)23-24(30)27-14-13-26-23;1-12(2)26-15(5)27(21-20(26)23-10-11-24-21)18-13(3)6-8-16-17-9-7-14(4)25-22(17)28-19(16)18/h2*4-15,18H,1-3H3;4-14,17H,1-3H3;6-12,15H,1-5H3. The highest BCUT2D eigenvalue weighted by molar-refractivity contribution is 6.14. The molecule has 7 aromatic carbocycles. The third-order valence-electron chi connectivity index (χ3n) is 23.7. The minimum absolute atomic E-state index is 0.0273. The molecule has 598 valence electrons. The molecule has 4 aliphatic rings. The molecular formula is C99H88N18O4. The maximum atomic E-state index is 6.37. The number of aromatic nitrogens is 10. The Labute approximate surface area is 699 Å². The van der Waals surface area contributed by atoms with Gasteiger partial charge in [-0.1, -0.05) is 103 Å². The molecule has 12 aromatic heterocycles. The van der Waals surface area contributed by atoms with Gasteiger partial charge in [0.1, 0.15) is 24.7 Å². The van der Waals surface area contributed by atoms with Crippen LogP contribution in [0.2, 0.25) is 0 Å². The number of pyridine rings is 6. The van der Waals surface area contributed by atoms with E-state index >= 15 is 0 Å². The van der Waals surface area contributed by atoms with Crippen molar-refractivity contribution in [2.24, 2.45) is 0 Å². The normalized spacial score (nSPS) is 16.0. The smallest absolute Gasteiger partial charge is 0.227 e. The van der Waals surface area contributed by atoms with Crippen molar-refractivity contribution >= 4 is 174 Å². The van der Waals surface area contributed by atoms with Gasteiger partial charge in [-0.25, -0.2) is 49.8 Å². The molecule has 121 heavy (non-hydrogen) atoms. The first-order valence-electron chi connectivity index (χ1n) is 41.0. The summed E-state index contributed by atoms with van der Waals surface area (Å²) in [5.74, 6) is 5.30. The molecule has 0 fully saturated rings. The molecule has 22 heteroatoms. The molecule has 4 unspecified atom stereocenters. The fraction of sp³-hybridized carbons (Fsp3) is 0.192. The molecule has 0 aliphatic carbocycles. The zero-order valence-electron chi connectivity index (χ0n) is 69.7. The van der Waals surface area contributed by atoms with E-state index in [1.54, 1.807) is 24.8 Å². The predicted molar refractivity (Wildman–Crippen MR) is 486 cm³/mol. The molecule has 0 bridgehead atoms. The Morgan fingerprint density at radius 2 is 0.521 bits per heavy atom. The van der Waals surface area contributed by atoms with Crippen LogP contribution in [0.3, 0.4) is 0 Å². The number of nitrogens with zero attached hydrogens (tertiary/aromatic N) is 18. The highest BCUT2D eigenvalue weighted by Crippen LogP contribution is 2.55. The van der Waals surface area contributed by atoms with Gasteiger partial charge < -0.3 is 42.2 Å². The van der Waals surface area contributed by atoms with Crippen LogP contribution in [-0.4, -0.2) is 80.5 Å². The van der Waals surface area contributed by atoms with Gasteiger partial charge in [0.2, 0.25) is 22.9 Å². The van der Waals surface area contributed by atoms with Crippen molar-refractivity contribution in [2.45, 2.75) is 128 Å². The Kier molecular flexibility index (Phi) is 18.4. The number of fused-ring (bicyclic) bond motifs is 16. The lowest BCUT2D eigenvalue weighted by molar-refractivity contribution is 0.597. The molecule has 4 atom stereocenters. The highest BCUT2D eigenvalue weighted by atomic mass is 16.4. The van der Waals surface area contributed by atoms with Crippen LogP contribution >= 0.6 is 0 Å². The molecule has 22 nitrogen and oxygen atoms in total. The minimum atomic E-state index is -0.0352. The summed E-state index contributed by atoms with van der Waals surface area (Å²) in [6.45, 7) is 29.5. The molecule has 0 saturated heterocycles. The average Bonchev–Trinajstić information content (AvgIpc) is 1.59. The summed E-state index contributed by atoms with van der Waals surface area (Å²) in [6.07, 6.45) is 10.8. The summed E-state index contributed by atoms with van der Waals surface area (Å²) in [4.78, 5) is 64.9. The second kappa shape index (κ2) is 29.7. The van der Waals surface area contributed by atoms with E-state index < -0.39 is 0 Å². The second-order valence-electron chi connectivity index (χ2n) is 31.8. The van der Waals surface area contributed by atoms with Gasteiger partial charge in [0.15, 0.2) is 57.2 Å². The SMILES string of the molecule is Cc1ccc2c(n1)oc1c(N3c4cccnc4N(c4ccccc4)C3C)c(C)ccc12.Cc1ccc2c(n1)oc1c(N3c4ncccc4N(c4ccccc4)C3C)c(C)ccc12.Cc1ccc2c(n1)oc1c(N3c4nccnc4N(C(C)C)C3C)c(C)ccc12.Cc1ccc2c(n1)oc1c(N3c4nccnc4N(c4ccccc4)C3C)c(C)ccc12. The molecule has 4 aliphatic heterocycles. The van der Waals surface area contributed by atoms with Gasteiger partial charge in [0, 0.05) is 126 Å². The second-order valence-corrected chi connectivity index (χ2v) is 31.8. The van der Waals surface area contributed by atoms with E-state index in [2.05, 4.69) is 289 Å². The van der Waals surface area contributed by atoms with E-state index in [9.17, 15) is 0 Å². The minimum Gasteiger partial charge on any atom is -0.435 e. The van der Waals surface area contributed by atoms with E-state index in [4.69, 9.17) is 32.6 Å². The maximum Gasteiger partial charge on any atom is 0.227 e. The Bertz CT molecular complexity index is 6720. The number of hydrogen-bond donors (Lipinski definition) is 0. The Morgan fingerprint density at radius 1 is 0.248 bits per heavy atom. The number of para-hydroxylation sites is 3. The van der Waals surface area contributed by atoms with Crippen LogP contribution in [-0.2, 0) is 0 Å². The third kappa shape index (κ3) is 12.3. The maximum absolute atomic E-state index is 6.37. The van der Waals surface area contributed by atoms with Crippen LogP contribution in [0.25, 0.3) is 88.3 Å². The Hall–Kier alpha value is -14.8. The number of furan rings is 4. The van der Waals surface area contributed by atoms with E-state index in [1.165, 1.54) is 0 Å². The van der Waals surface area contributed by atoms with Crippen molar-refractivity contribution in [1.29, 1.82) is 0 Å². The Balaban J connectivity index is 0.000000103. The molecule has 0 saturated carbocycles. The van der Waals surface area contributed by atoms with E-state index in [1.807, 2.05) is 107 Å². The van der Waals surface area contributed by atoms with Crippen molar-refractivity contribution in [2.75, 3.05) is 39.2 Å². The first-order valence-corrected chi connectivity index (χ1v) is 41.0. The van der Waals surface area contributed by atoms with Gasteiger partial charge >= 0.3 is 0 Å². The fourth-order valence-corrected chi connectivity index (χ4v) is 18.2. The fourth-order valence-electron chi connectivity index (χ4n) is 18.2. The van der Waals surface area contributed by atoms with Crippen LogP contribution in [0.1, 0.15) is 86.6 Å². The number of rotatable bonds is 8. The van der Waals surface area contributed by atoms with Gasteiger partial charge in [-0.15, -0.1) is 0 Å². The van der Waals surface area contributed by atoms with Crippen molar-refractivity contribution in [3.05, 3.63) is 295 Å². The van der Waals surface area contributed by atoms with Crippen LogP contribution < -0.4 is 39.2 Å². The predicted octanol–water partition coefficient (Wildman–Crippen LogP) is 24.4. The van der Waals surface area contributed by atoms with Crippen molar-refractivity contribution in [1.82, 2.24) is 49.8 Å². The molecule has 0 N–H and O–H groups in total. The average molecular weight is 1590 g/mol. The lowest BCUT2D eigenvalue weighted by atomic mass is 10.1. The summed E-state index contributed by atoms with van der Waals surface area (Å²) in [5, 5.41) is 8.42. The number of aryl methyl sites for hydroxylation is 8. The lowest BCUT2D eigenvalue weighted by Gasteiger charge is -2.32. The van der Waals surface area contributed by atoms with Gasteiger partial charge in [0.05, 0.1) is 34.1 Å². The van der Waals surface area contributed by atoms with Crippen molar-refractivity contribution in [3.8, 4) is 0 Å². The van der Waals surface area contributed by atoms with Crippen LogP contribution in [0.5, 0.6) is 0 Å². The van der Waals surface area contributed by atoms with Gasteiger partial charge in [0.25, 0.3) is 0 Å². The first kappa shape index (κ1) is 75.0. The zero-order chi connectivity index (χ0) is 82.9. The third-order valence-corrected chi connectivity index (χ3v) is 23.7. The lowest BCUT2D eigenvalue weighted by Crippen LogP contribution is -2.42. The zero-order valence-corrected chi connectivity index (χ0v) is 69.7. The molecule has 16 heterocycles. The number of anilines is 15. The molecule has 0 radical (unpaired) electrons. The number of hydrogen-bond acceptors (Lipinski definition) is 22. The van der Waals surface area contributed by atoms with Crippen LogP contribution in [0, 0.1) is 55.4 Å². The largest absolute Gasteiger partial charge is 0.435 e. The molecule has 0 amide bonds. The van der Waals surface area contributed by atoms with Gasteiger partial charge in [-0.2, -0.15) is 0 Å². The van der Waals surface area contributed by atoms with E-state index in [0.29, 0.717) is 28.9 Å². The van der Waals surface area contributed by atoms with Crippen LogP contribution in [0.15, 0.2) is 267 Å².